The molecule has 0 bridgehead atoms. The van der Waals surface area contributed by atoms with Gasteiger partial charge in [0.25, 0.3) is 5.56 Å². The zero-order chi connectivity index (χ0) is 18.5. The summed E-state index contributed by atoms with van der Waals surface area (Å²) < 4.78 is 5.06. The summed E-state index contributed by atoms with van der Waals surface area (Å²) in [7, 11) is 0. The van der Waals surface area contributed by atoms with Crippen molar-refractivity contribution in [2.75, 3.05) is 18.5 Å². The Morgan fingerprint density at radius 2 is 1.96 bits per heavy atom. The van der Waals surface area contributed by atoms with Crippen LogP contribution in [0.25, 0.3) is 10.9 Å². The van der Waals surface area contributed by atoms with E-state index >= 15 is 0 Å². The van der Waals surface area contributed by atoms with E-state index in [1.165, 1.54) is 0 Å². The maximum atomic E-state index is 12.5. The van der Waals surface area contributed by atoms with Crippen LogP contribution >= 0.6 is 11.6 Å². The Morgan fingerprint density at radius 1 is 1.19 bits per heavy atom. The number of hydrogen-bond donors (Lipinski definition) is 2. The molecule has 1 aromatic heterocycles. The summed E-state index contributed by atoms with van der Waals surface area (Å²) in [6.45, 7) is 2.47. The quantitative estimate of drug-likeness (QED) is 0.643. The van der Waals surface area contributed by atoms with E-state index in [2.05, 4.69) is 10.3 Å². The van der Waals surface area contributed by atoms with Gasteiger partial charge in [0.05, 0.1) is 17.8 Å². The summed E-state index contributed by atoms with van der Waals surface area (Å²) >= 11 is 6.03. The molecule has 0 unspecified atom stereocenters. The van der Waals surface area contributed by atoms with Crippen molar-refractivity contribution in [2.24, 2.45) is 0 Å². The molecule has 6 heteroatoms. The maximum absolute atomic E-state index is 12.5. The van der Waals surface area contributed by atoms with Gasteiger partial charge in [-0.25, -0.2) is 4.79 Å². The van der Waals surface area contributed by atoms with Gasteiger partial charge in [0, 0.05) is 17.0 Å². The van der Waals surface area contributed by atoms with Crippen LogP contribution in [0.15, 0.2) is 53.3 Å². The topological polar surface area (TPSA) is 71.2 Å². The van der Waals surface area contributed by atoms with Crippen molar-refractivity contribution >= 4 is 34.2 Å². The van der Waals surface area contributed by atoms with Crippen molar-refractivity contribution in [1.29, 1.82) is 0 Å². The van der Waals surface area contributed by atoms with Gasteiger partial charge in [-0.2, -0.15) is 0 Å². The molecule has 5 nitrogen and oxygen atoms in total. The Morgan fingerprint density at radius 3 is 2.69 bits per heavy atom. The molecule has 0 amide bonds. The van der Waals surface area contributed by atoms with Crippen molar-refractivity contribution in [3.63, 3.8) is 0 Å². The fraction of sp³-hybridized carbons (Fsp3) is 0.200. The van der Waals surface area contributed by atoms with Crippen LogP contribution in [0.4, 0.5) is 5.69 Å². The van der Waals surface area contributed by atoms with Crippen molar-refractivity contribution in [2.45, 2.75) is 13.3 Å². The zero-order valence-electron chi connectivity index (χ0n) is 14.3. The number of halogens is 1. The lowest BCUT2D eigenvalue weighted by molar-refractivity contribution is 0.0525. The Balaban J connectivity index is 2.00. The molecule has 0 aliphatic heterocycles. The summed E-state index contributed by atoms with van der Waals surface area (Å²) in [6, 6.07) is 15.1. The second-order valence-electron chi connectivity index (χ2n) is 5.78. The van der Waals surface area contributed by atoms with Gasteiger partial charge in [-0.1, -0.05) is 41.9 Å². The van der Waals surface area contributed by atoms with Crippen molar-refractivity contribution < 1.29 is 9.53 Å². The molecule has 0 aliphatic carbocycles. The number of aromatic amines is 1. The molecule has 134 valence electrons. The van der Waals surface area contributed by atoms with Gasteiger partial charge in [0.2, 0.25) is 0 Å². The smallest absolute Gasteiger partial charge is 0.345 e. The largest absolute Gasteiger partial charge is 0.462 e. The number of aromatic nitrogens is 1. The minimum Gasteiger partial charge on any atom is -0.462 e. The van der Waals surface area contributed by atoms with Crippen LogP contribution in [0.1, 0.15) is 22.8 Å². The summed E-state index contributed by atoms with van der Waals surface area (Å²) in [4.78, 5) is 27.5. The molecular formula is C20H19ClN2O3. The van der Waals surface area contributed by atoms with Gasteiger partial charge < -0.3 is 15.0 Å². The van der Waals surface area contributed by atoms with E-state index in [1.54, 1.807) is 25.1 Å². The molecule has 26 heavy (non-hydrogen) atoms. The van der Waals surface area contributed by atoms with Crippen molar-refractivity contribution in [1.82, 2.24) is 4.98 Å². The van der Waals surface area contributed by atoms with E-state index in [0.29, 0.717) is 28.2 Å². The Labute approximate surface area is 156 Å². The number of fused-ring (bicyclic) bond motifs is 1. The van der Waals surface area contributed by atoms with Crippen LogP contribution in [0.2, 0.25) is 5.02 Å². The number of benzene rings is 2. The Bertz CT molecular complexity index is 984. The third-order valence-electron chi connectivity index (χ3n) is 4.01. The minimum absolute atomic E-state index is 0.0188. The monoisotopic (exact) mass is 370 g/mol. The molecule has 1 heterocycles. The molecule has 0 saturated heterocycles. The highest BCUT2D eigenvalue weighted by Gasteiger charge is 2.20. The van der Waals surface area contributed by atoms with Crippen molar-refractivity contribution in [3.05, 3.63) is 75.0 Å². The van der Waals surface area contributed by atoms with E-state index in [-0.39, 0.29) is 12.2 Å². The number of nitrogens with one attached hydrogen (secondary N) is 2. The first-order chi connectivity index (χ1) is 12.6. The number of esters is 1. The lowest BCUT2D eigenvalue weighted by Crippen LogP contribution is -2.23. The number of hydrogen-bond acceptors (Lipinski definition) is 4. The average molecular weight is 371 g/mol. The summed E-state index contributed by atoms with van der Waals surface area (Å²) in [6.07, 6.45) is 0.755. The fourth-order valence-electron chi connectivity index (χ4n) is 2.83. The van der Waals surface area contributed by atoms with E-state index in [9.17, 15) is 9.59 Å². The predicted molar refractivity (Wildman–Crippen MR) is 104 cm³/mol. The lowest BCUT2D eigenvalue weighted by atomic mass is 10.1. The van der Waals surface area contributed by atoms with Gasteiger partial charge in [-0.15, -0.1) is 0 Å². The van der Waals surface area contributed by atoms with Crippen LogP contribution < -0.4 is 10.9 Å². The highest BCUT2D eigenvalue weighted by molar-refractivity contribution is 6.31. The number of pyridine rings is 1. The van der Waals surface area contributed by atoms with Gasteiger partial charge in [0.1, 0.15) is 5.56 Å². The number of H-pyrrole nitrogens is 1. The predicted octanol–water partition coefficient (Wildman–Crippen LogP) is 4.01. The van der Waals surface area contributed by atoms with Gasteiger partial charge in [-0.05, 0) is 37.1 Å². The van der Waals surface area contributed by atoms with E-state index in [1.807, 2.05) is 30.3 Å². The highest BCUT2D eigenvalue weighted by Crippen LogP contribution is 2.26. The van der Waals surface area contributed by atoms with Crippen LogP contribution in [-0.4, -0.2) is 24.1 Å². The molecule has 3 aromatic rings. The third-order valence-corrected chi connectivity index (χ3v) is 4.25. The number of carbonyl (C=O) groups excluding carboxylic acids is 1. The van der Waals surface area contributed by atoms with Crippen LogP contribution in [0.3, 0.4) is 0 Å². The molecule has 0 spiro atoms. The molecule has 0 aliphatic rings. The standard InChI is InChI=1S/C20H19ClN2O3/c1-2-26-20(25)17-18(22-11-10-13-6-4-3-5-7-13)15-9-8-14(21)12-16(15)23-19(17)24/h3-9,12H,2,10-11H2,1H3,(H2,22,23,24). The average Bonchev–Trinajstić information content (AvgIpc) is 2.62. The molecule has 0 saturated carbocycles. The van der Waals surface area contributed by atoms with E-state index in [0.717, 1.165) is 12.0 Å². The summed E-state index contributed by atoms with van der Waals surface area (Å²) in [5.41, 5.74) is 1.68. The first kappa shape index (κ1) is 18.0. The minimum atomic E-state index is -0.646. The van der Waals surface area contributed by atoms with Gasteiger partial charge >= 0.3 is 5.97 Å². The molecule has 0 radical (unpaired) electrons. The molecule has 2 aromatic carbocycles. The maximum Gasteiger partial charge on any atom is 0.345 e. The first-order valence-electron chi connectivity index (χ1n) is 8.40. The van der Waals surface area contributed by atoms with Gasteiger partial charge in [0.15, 0.2) is 0 Å². The molecule has 2 N–H and O–H groups in total. The van der Waals surface area contributed by atoms with Crippen LogP contribution in [-0.2, 0) is 11.2 Å². The number of rotatable bonds is 6. The molecule has 3 rings (SSSR count). The normalized spacial score (nSPS) is 10.7. The lowest BCUT2D eigenvalue weighted by Gasteiger charge is -2.14. The van der Waals surface area contributed by atoms with Crippen LogP contribution in [0.5, 0.6) is 0 Å². The van der Waals surface area contributed by atoms with E-state index in [4.69, 9.17) is 16.3 Å². The second kappa shape index (κ2) is 8.06. The summed E-state index contributed by atoms with van der Waals surface area (Å²) in [5, 5.41) is 4.46. The molecule has 0 fully saturated rings. The fourth-order valence-corrected chi connectivity index (χ4v) is 3.00. The summed E-state index contributed by atoms with van der Waals surface area (Å²) in [5.74, 6) is -0.646. The third kappa shape index (κ3) is 3.89. The Hall–Kier alpha value is -2.79. The number of anilines is 1. The number of carbonyl (C=O) groups is 1. The van der Waals surface area contributed by atoms with E-state index < -0.39 is 11.5 Å². The number of ether oxygens (including phenoxy) is 1. The highest BCUT2D eigenvalue weighted by atomic mass is 35.5. The zero-order valence-corrected chi connectivity index (χ0v) is 15.1. The molecule has 0 atom stereocenters. The van der Waals surface area contributed by atoms with Crippen LogP contribution in [0, 0.1) is 0 Å². The second-order valence-corrected chi connectivity index (χ2v) is 6.21. The van der Waals surface area contributed by atoms with Crippen molar-refractivity contribution in [3.8, 4) is 0 Å². The van der Waals surface area contributed by atoms with Gasteiger partial charge in [-0.3, -0.25) is 4.79 Å². The Kier molecular flexibility index (Phi) is 5.58. The first-order valence-corrected chi connectivity index (χ1v) is 8.78. The molecular weight excluding hydrogens is 352 g/mol. The SMILES string of the molecule is CCOC(=O)c1c(NCCc2ccccc2)c2ccc(Cl)cc2[nH]c1=O.